The minimum Gasteiger partial charge on any atom is -0.478 e. The molecule has 2 rings (SSSR count). The molecule has 0 amide bonds. The summed E-state index contributed by atoms with van der Waals surface area (Å²) in [4.78, 5) is 17.3. The van der Waals surface area contributed by atoms with E-state index in [1.807, 2.05) is 25.1 Å². The predicted octanol–water partition coefficient (Wildman–Crippen LogP) is 3.57. The zero-order valence-electron chi connectivity index (χ0n) is 11.1. The maximum atomic E-state index is 10.9. The van der Waals surface area contributed by atoms with E-state index in [1.165, 1.54) is 11.8 Å². The van der Waals surface area contributed by atoms with Crippen LogP contribution in [0.2, 0.25) is 0 Å². The van der Waals surface area contributed by atoms with Gasteiger partial charge in [-0.2, -0.15) is 0 Å². The van der Waals surface area contributed by atoms with Crippen LogP contribution in [0.25, 0.3) is 0 Å². The van der Waals surface area contributed by atoms with Crippen molar-refractivity contribution >= 4 is 27.7 Å². The summed E-state index contributed by atoms with van der Waals surface area (Å²) in [7, 11) is 0. The molecule has 1 heterocycles. The molecule has 0 saturated carbocycles. The van der Waals surface area contributed by atoms with Crippen LogP contribution < -0.4 is 4.90 Å². The average Bonchev–Trinajstić information content (AvgIpc) is 2.46. The molecule has 0 atom stereocenters. The fourth-order valence-corrected chi connectivity index (χ4v) is 2.52. The zero-order chi connectivity index (χ0) is 14.5. The minimum atomic E-state index is -0.976. The molecule has 2 aromatic rings. The van der Waals surface area contributed by atoms with E-state index in [0.29, 0.717) is 4.47 Å². The summed E-state index contributed by atoms with van der Waals surface area (Å²) in [6.45, 7) is 3.56. The third-order valence-corrected chi connectivity index (χ3v) is 3.55. The van der Waals surface area contributed by atoms with E-state index in [1.54, 1.807) is 6.07 Å². The van der Waals surface area contributed by atoms with Gasteiger partial charge in [-0.1, -0.05) is 30.3 Å². The molecular formula is C15H15BrN2O2. The number of hydrogen-bond acceptors (Lipinski definition) is 3. The van der Waals surface area contributed by atoms with Gasteiger partial charge in [0.2, 0.25) is 0 Å². The summed E-state index contributed by atoms with van der Waals surface area (Å²) in [6, 6.07) is 11.7. The van der Waals surface area contributed by atoms with Gasteiger partial charge in [0.1, 0.15) is 5.82 Å². The summed E-state index contributed by atoms with van der Waals surface area (Å²) in [5.74, 6) is -0.225. The second-order valence-electron chi connectivity index (χ2n) is 4.33. The highest BCUT2D eigenvalue weighted by Crippen LogP contribution is 2.26. The molecule has 0 radical (unpaired) electrons. The van der Waals surface area contributed by atoms with Gasteiger partial charge in [0, 0.05) is 19.3 Å². The van der Waals surface area contributed by atoms with E-state index in [4.69, 9.17) is 5.11 Å². The standard InChI is InChI=1S/C15H15BrN2O2/c1-2-18(10-11-6-4-3-5-7-11)14-13(16)8-12(9-17-14)15(19)20/h3-9H,2,10H2,1H3,(H,19,20). The summed E-state index contributed by atoms with van der Waals surface area (Å²) in [5, 5.41) is 8.96. The van der Waals surface area contributed by atoms with Crippen molar-refractivity contribution in [1.82, 2.24) is 4.98 Å². The van der Waals surface area contributed by atoms with E-state index in [-0.39, 0.29) is 5.56 Å². The Kier molecular flexibility index (Phi) is 4.74. The molecule has 0 unspecified atom stereocenters. The Balaban J connectivity index is 2.26. The van der Waals surface area contributed by atoms with Crippen LogP contribution in [0.4, 0.5) is 5.82 Å². The van der Waals surface area contributed by atoms with Gasteiger partial charge in [0.25, 0.3) is 0 Å². The van der Waals surface area contributed by atoms with Crippen molar-refractivity contribution in [3.63, 3.8) is 0 Å². The van der Waals surface area contributed by atoms with Crippen molar-refractivity contribution in [2.75, 3.05) is 11.4 Å². The van der Waals surface area contributed by atoms with E-state index in [9.17, 15) is 4.79 Å². The fourth-order valence-electron chi connectivity index (χ4n) is 1.92. The highest BCUT2D eigenvalue weighted by molar-refractivity contribution is 9.10. The van der Waals surface area contributed by atoms with Crippen LogP contribution in [0, 0.1) is 0 Å². The largest absolute Gasteiger partial charge is 0.478 e. The number of benzene rings is 1. The molecule has 0 aliphatic rings. The van der Waals surface area contributed by atoms with E-state index < -0.39 is 5.97 Å². The maximum absolute atomic E-state index is 10.9. The lowest BCUT2D eigenvalue weighted by atomic mass is 10.2. The lowest BCUT2D eigenvalue weighted by Crippen LogP contribution is -2.23. The van der Waals surface area contributed by atoms with Crippen molar-refractivity contribution in [3.8, 4) is 0 Å². The number of carboxylic acid groups (broad SMARTS) is 1. The topological polar surface area (TPSA) is 53.4 Å². The quantitative estimate of drug-likeness (QED) is 0.908. The van der Waals surface area contributed by atoms with Crippen molar-refractivity contribution in [3.05, 3.63) is 58.2 Å². The van der Waals surface area contributed by atoms with Crippen molar-refractivity contribution in [1.29, 1.82) is 0 Å². The predicted molar refractivity (Wildman–Crippen MR) is 82.1 cm³/mol. The van der Waals surface area contributed by atoms with E-state index in [0.717, 1.165) is 18.9 Å². The number of carbonyl (C=O) groups is 1. The first kappa shape index (κ1) is 14.5. The van der Waals surface area contributed by atoms with Gasteiger partial charge in [-0.25, -0.2) is 9.78 Å². The molecule has 0 aliphatic carbocycles. The Labute approximate surface area is 126 Å². The molecule has 1 aromatic carbocycles. The van der Waals surface area contributed by atoms with Crippen LogP contribution >= 0.6 is 15.9 Å². The Morgan fingerprint density at radius 3 is 2.60 bits per heavy atom. The number of halogens is 1. The Morgan fingerprint density at radius 2 is 2.05 bits per heavy atom. The highest BCUT2D eigenvalue weighted by Gasteiger charge is 2.13. The van der Waals surface area contributed by atoms with Gasteiger partial charge in [-0.05, 0) is 34.5 Å². The summed E-state index contributed by atoms with van der Waals surface area (Å²) >= 11 is 3.40. The minimum absolute atomic E-state index is 0.177. The summed E-state index contributed by atoms with van der Waals surface area (Å²) < 4.78 is 0.690. The number of carboxylic acids is 1. The number of rotatable bonds is 5. The van der Waals surface area contributed by atoms with Gasteiger partial charge < -0.3 is 10.0 Å². The van der Waals surface area contributed by atoms with Crippen LogP contribution in [0.15, 0.2) is 47.1 Å². The molecule has 0 saturated heterocycles. The molecular weight excluding hydrogens is 320 g/mol. The van der Waals surface area contributed by atoms with Crippen molar-refractivity contribution in [2.24, 2.45) is 0 Å². The first-order chi connectivity index (χ1) is 9.61. The molecule has 0 fully saturated rings. The van der Waals surface area contributed by atoms with E-state index >= 15 is 0 Å². The molecule has 0 bridgehead atoms. The van der Waals surface area contributed by atoms with Crippen LogP contribution in [0.5, 0.6) is 0 Å². The highest BCUT2D eigenvalue weighted by atomic mass is 79.9. The number of hydrogen-bond donors (Lipinski definition) is 1. The van der Waals surface area contributed by atoms with Gasteiger partial charge >= 0.3 is 5.97 Å². The molecule has 0 spiro atoms. The van der Waals surface area contributed by atoms with Crippen LogP contribution in [0.3, 0.4) is 0 Å². The smallest absolute Gasteiger partial charge is 0.337 e. The molecule has 4 nitrogen and oxygen atoms in total. The molecule has 5 heteroatoms. The third kappa shape index (κ3) is 3.36. The van der Waals surface area contributed by atoms with Crippen LogP contribution in [0.1, 0.15) is 22.8 Å². The van der Waals surface area contributed by atoms with Gasteiger partial charge in [0.15, 0.2) is 0 Å². The van der Waals surface area contributed by atoms with E-state index in [2.05, 4.69) is 37.9 Å². The summed E-state index contributed by atoms with van der Waals surface area (Å²) in [5.41, 5.74) is 1.36. The Morgan fingerprint density at radius 1 is 1.35 bits per heavy atom. The average molecular weight is 335 g/mol. The number of pyridine rings is 1. The normalized spacial score (nSPS) is 10.3. The van der Waals surface area contributed by atoms with Crippen LogP contribution in [-0.4, -0.2) is 22.6 Å². The second-order valence-corrected chi connectivity index (χ2v) is 5.19. The summed E-state index contributed by atoms with van der Waals surface area (Å²) in [6.07, 6.45) is 1.38. The maximum Gasteiger partial charge on any atom is 0.337 e. The molecule has 0 aliphatic heterocycles. The number of aromatic nitrogens is 1. The molecule has 1 aromatic heterocycles. The first-order valence-corrected chi connectivity index (χ1v) is 7.08. The second kappa shape index (κ2) is 6.52. The van der Waals surface area contributed by atoms with Gasteiger partial charge in [0.05, 0.1) is 10.0 Å². The Hall–Kier alpha value is -1.88. The monoisotopic (exact) mass is 334 g/mol. The van der Waals surface area contributed by atoms with Gasteiger partial charge in [-0.15, -0.1) is 0 Å². The fraction of sp³-hybridized carbons (Fsp3) is 0.200. The van der Waals surface area contributed by atoms with Crippen molar-refractivity contribution < 1.29 is 9.90 Å². The molecule has 20 heavy (non-hydrogen) atoms. The number of anilines is 1. The lowest BCUT2D eigenvalue weighted by Gasteiger charge is -2.23. The SMILES string of the molecule is CCN(Cc1ccccc1)c1ncc(C(=O)O)cc1Br. The van der Waals surface area contributed by atoms with Crippen LogP contribution in [-0.2, 0) is 6.54 Å². The molecule has 1 N–H and O–H groups in total. The third-order valence-electron chi connectivity index (χ3n) is 2.97. The molecule has 104 valence electrons. The van der Waals surface area contributed by atoms with Crippen molar-refractivity contribution in [2.45, 2.75) is 13.5 Å². The number of nitrogens with zero attached hydrogens (tertiary/aromatic N) is 2. The van der Waals surface area contributed by atoms with Gasteiger partial charge in [-0.3, -0.25) is 0 Å². The zero-order valence-corrected chi connectivity index (χ0v) is 12.7. The lowest BCUT2D eigenvalue weighted by molar-refractivity contribution is 0.0696. The number of aromatic carboxylic acids is 1. The Bertz CT molecular complexity index is 602. The first-order valence-electron chi connectivity index (χ1n) is 6.29.